The first-order chi connectivity index (χ1) is 8.94. The van der Waals surface area contributed by atoms with Crippen molar-refractivity contribution < 1.29 is 38.9 Å². The second-order valence-electron chi connectivity index (χ2n) is 4.83. The van der Waals surface area contributed by atoms with Crippen molar-refractivity contribution in [3.05, 3.63) is 0 Å². The van der Waals surface area contributed by atoms with E-state index in [1.54, 1.807) is 20.8 Å². The van der Waals surface area contributed by atoms with Gasteiger partial charge in [-0.1, -0.05) is 0 Å². The number of nitrogens with one attached hydrogen (secondary N) is 1. The predicted molar refractivity (Wildman–Crippen MR) is 64.0 cm³/mol. The number of carboxylic acids is 2. The Kier molecular flexibility index (Phi) is 5.95. The standard InChI is InChI=1S/C11H17NO8/c1-5(13)19-7(9(16)17)6(8(14)15)12-10(18)20-11(2,3)4/h6-7H,1-4H3,(H,12,18)(H,14,15)(H,16,17)/t6-,7?/m0/s1. The van der Waals surface area contributed by atoms with Crippen molar-refractivity contribution >= 4 is 24.0 Å². The van der Waals surface area contributed by atoms with Crippen molar-refractivity contribution in [1.82, 2.24) is 5.32 Å². The van der Waals surface area contributed by atoms with Crippen LogP contribution in [-0.4, -0.2) is 52.0 Å². The molecule has 0 bridgehead atoms. The summed E-state index contributed by atoms with van der Waals surface area (Å²) in [5.41, 5.74) is -0.896. The van der Waals surface area contributed by atoms with Crippen LogP contribution in [0.15, 0.2) is 0 Å². The maximum absolute atomic E-state index is 11.5. The molecule has 0 saturated heterocycles. The molecule has 0 aliphatic carbocycles. The largest absolute Gasteiger partial charge is 0.480 e. The van der Waals surface area contributed by atoms with Crippen molar-refractivity contribution in [3.8, 4) is 0 Å². The van der Waals surface area contributed by atoms with Gasteiger partial charge >= 0.3 is 24.0 Å². The zero-order valence-corrected chi connectivity index (χ0v) is 11.5. The Morgan fingerprint density at radius 2 is 1.55 bits per heavy atom. The highest BCUT2D eigenvalue weighted by molar-refractivity contribution is 5.89. The lowest BCUT2D eigenvalue weighted by Gasteiger charge is -2.24. The van der Waals surface area contributed by atoms with E-state index in [1.165, 1.54) is 0 Å². The highest BCUT2D eigenvalue weighted by Crippen LogP contribution is 2.08. The highest BCUT2D eigenvalue weighted by atomic mass is 16.6. The van der Waals surface area contributed by atoms with Crippen molar-refractivity contribution in [2.45, 2.75) is 45.4 Å². The Morgan fingerprint density at radius 3 is 1.85 bits per heavy atom. The molecular weight excluding hydrogens is 274 g/mol. The topological polar surface area (TPSA) is 139 Å². The molecule has 114 valence electrons. The molecule has 0 aliphatic rings. The molecular formula is C11H17NO8. The monoisotopic (exact) mass is 291 g/mol. The summed E-state index contributed by atoms with van der Waals surface area (Å²) in [5.74, 6) is -4.37. The van der Waals surface area contributed by atoms with Gasteiger partial charge in [-0.3, -0.25) is 4.79 Å². The fraction of sp³-hybridized carbons (Fsp3) is 0.636. The second-order valence-corrected chi connectivity index (χ2v) is 4.83. The number of ether oxygens (including phenoxy) is 2. The number of amides is 1. The van der Waals surface area contributed by atoms with Gasteiger partial charge in [-0.05, 0) is 20.8 Å². The normalized spacial score (nSPS) is 13.8. The molecule has 0 saturated carbocycles. The van der Waals surface area contributed by atoms with E-state index < -0.39 is 41.7 Å². The Labute approximate surface area is 114 Å². The molecule has 0 fully saturated rings. The molecule has 0 spiro atoms. The van der Waals surface area contributed by atoms with Gasteiger partial charge in [0.15, 0.2) is 6.04 Å². The molecule has 20 heavy (non-hydrogen) atoms. The minimum absolute atomic E-state index is 0.896. The average molecular weight is 291 g/mol. The number of carbonyl (C=O) groups is 4. The smallest absolute Gasteiger partial charge is 0.408 e. The first kappa shape index (κ1) is 17.7. The number of carbonyl (C=O) groups excluding carboxylic acids is 2. The molecule has 0 aromatic carbocycles. The Balaban J connectivity index is 5.03. The van der Waals surface area contributed by atoms with Crippen LogP contribution in [0, 0.1) is 0 Å². The number of carboxylic acid groups (broad SMARTS) is 2. The summed E-state index contributed by atoms with van der Waals surface area (Å²) in [6, 6.07) is -1.97. The first-order valence-corrected chi connectivity index (χ1v) is 5.56. The molecule has 0 heterocycles. The van der Waals surface area contributed by atoms with E-state index in [9.17, 15) is 19.2 Å². The van der Waals surface area contributed by atoms with Crippen molar-refractivity contribution in [1.29, 1.82) is 0 Å². The van der Waals surface area contributed by atoms with Crippen molar-refractivity contribution in [3.63, 3.8) is 0 Å². The highest BCUT2D eigenvalue weighted by Gasteiger charge is 2.38. The van der Waals surface area contributed by atoms with Crippen LogP contribution in [0.25, 0.3) is 0 Å². The van der Waals surface area contributed by atoms with Crippen LogP contribution >= 0.6 is 0 Å². The van der Waals surface area contributed by atoms with Gasteiger partial charge < -0.3 is 25.0 Å². The maximum atomic E-state index is 11.5. The zero-order chi connectivity index (χ0) is 16.1. The number of esters is 1. The predicted octanol–water partition coefficient (Wildman–Crippen LogP) is -0.0194. The number of aliphatic carboxylic acids is 2. The molecule has 2 atom stereocenters. The summed E-state index contributed by atoms with van der Waals surface area (Å²) in [6.45, 7) is 5.55. The average Bonchev–Trinajstić information content (AvgIpc) is 2.19. The molecule has 0 aromatic rings. The lowest BCUT2D eigenvalue weighted by Crippen LogP contribution is -2.54. The molecule has 0 aliphatic heterocycles. The van der Waals surface area contributed by atoms with E-state index in [0.29, 0.717) is 0 Å². The van der Waals surface area contributed by atoms with Gasteiger partial charge in [-0.15, -0.1) is 0 Å². The van der Waals surface area contributed by atoms with Gasteiger partial charge in [0.1, 0.15) is 5.60 Å². The molecule has 0 aromatic heterocycles. The third-order valence-electron chi connectivity index (χ3n) is 1.78. The number of hydrogen-bond donors (Lipinski definition) is 3. The third-order valence-corrected chi connectivity index (χ3v) is 1.78. The van der Waals surface area contributed by atoms with E-state index in [4.69, 9.17) is 14.9 Å². The molecule has 3 N–H and O–H groups in total. The third kappa shape index (κ3) is 6.57. The summed E-state index contributed by atoms with van der Waals surface area (Å²) in [4.78, 5) is 44.2. The maximum Gasteiger partial charge on any atom is 0.408 e. The minimum Gasteiger partial charge on any atom is -0.480 e. The van der Waals surface area contributed by atoms with E-state index in [2.05, 4.69) is 4.74 Å². The summed E-state index contributed by atoms with van der Waals surface area (Å²) < 4.78 is 9.18. The second kappa shape index (κ2) is 6.73. The van der Waals surface area contributed by atoms with Crippen LogP contribution in [0.2, 0.25) is 0 Å². The fourth-order valence-electron chi connectivity index (χ4n) is 1.14. The molecule has 0 radical (unpaired) electrons. The van der Waals surface area contributed by atoms with Crippen LogP contribution < -0.4 is 5.32 Å². The van der Waals surface area contributed by atoms with Crippen LogP contribution in [0.4, 0.5) is 4.79 Å². The van der Waals surface area contributed by atoms with Gasteiger partial charge in [0.25, 0.3) is 0 Å². The molecule has 1 amide bonds. The fourth-order valence-corrected chi connectivity index (χ4v) is 1.14. The summed E-state index contributed by atoms with van der Waals surface area (Å²) in [6.07, 6.45) is -3.19. The first-order valence-electron chi connectivity index (χ1n) is 5.56. The Bertz CT molecular complexity index is 411. The lowest BCUT2D eigenvalue weighted by atomic mass is 10.1. The van der Waals surface area contributed by atoms with Crippen LogP contribution in [0.3, 0.4) is 0 Å². The molecule has 9 nitrogen and oxygen atoms in total. The lowest BCUT2D eigenvalue weighted by molar-refractivity contribution is -0.168. The van der Waals surface area contributed by atoms with Gasteiger partial charge in [0, 0.05) is 6.92 Å². The number of hydrogen-bond acceptors (Lipinski definition) is 6. The number of rotatable bonds is 5. The van der Waals surface area contributed by atoms with Crippen LogP contribution in [0.5, 0.6) is 0 Å². The summed E-state index contributed by atoms with van der Waals surface area (Å²) in [5, 5.41) is 19.6. The minimum atomic E-state index is -2.06. The van der Waals surface area contributed by atoms with Crippen molar-refractivity contribution in [2.75, 3.05) is 0 Å². The number of alkyl carbamates (subject to hydrolysis) is 1. The van der Waals surface area contributed by atoms with Gasteiger partial charge in [-0.2, -0.15) is 0 Å². The van der Waals surface area contributed by atoms with E-state index >= 15 is 0 Å². The zero-order valence-electron chi connectivity index (χ0n) is 11.5. The van der Waals surface area contributed by atoms with Crippen LogP contribution in [0.1, 0.15) is 27.7 Å². The van der Waals surface area contributed by atoms with Gasteiger partial charge in [-0.25, -0.2) is 14.4 Å². The van der Waals surface area contributed by atoms with Gasteiger partial charge in [0.2, 0.25) is 6.10 Å². The van der Waals surface area contributed by atoms with E-state index in [1.807, 2.05) is 5.32 Å². The van der Waals surface area contributed by atoms with E-state index in [0.717, 1.165) is 6.92 Å². The summed E-state index contributed by atoms with van der Waals surface area (Å²) in [7, 11) is 0. The summed E-state index contributed by atoms with van der Waals surface area (Å²) >= 11 is 0. The van der Waals surface area contributed by atoms with Gasteiger partial charge in [0.05, 0.1) is 0 Å². The molecule has 1 unspecified atom stereocenters. The quantitative estimate of drug-likeness (QED) is 0.600. The van der Waals surface area contributed by atoms with Crippen LogP contribution in [-0.2, 0) is 23.9 Å². The van der Waals surface area contributed by atoms with E-state index in [-0.39, 0.29) is 0 Å². The molecule has 0 rings (SSSR count). The Hall–Kier alpha value is -2.32. The molecule has 9 heteroatoms. The Morgan fingerprint density at radius 1 is 1.05 bits per heavy atom. The SMILES string of the molecule is CC(=O)OC(C(=O)O)[C@H](NC(=O)OC(C)(C)C)C(=O)O. The van der Waals surface area contributed by atoms with Crippen molar-refractivity contribution in [2.24, 2.45) is 0 Å².